The van der Waals surface area contributed by atoms with Crippen molar-refractivity contribution < 1.29 is 12.6 Å². The van der Waals surface area contributed by atoms with Crippen molar-refractivity contribution in [3.63, 3.8) is 0 Å². The number of anilines is 1. The minimum atomic E-state index is -3.56. The molecule has 9 nitrogen and oxygen atoms in total. The topological polar surface area (TPSA) is 127 Å². The van der Waals surface area contributed by atoms with Gasteiger partial charge in [-0.1, -0.05) is 6.92 Å². The molecule has 1 aliphatic rings. The summed E-state index contributed by atoms with van der Waals surface area (Å²) in [6, 6.07) is 6.68. The third kappa shape index (κ3) is 4.18. The second kappa shape index (κ2) is 7.27. The highest BCUT2D eigenvalue weighted by Crippen LogP contribution is 2.32. The van der Waals surface area contributed by atoms with E-state index in [-0.39, 0.29) is 11.2 Å². The number of hydrogen-bond acceptors (Lipinski definition) is 8. The van der Waals surface area contributed by atoms with Gasteiger partial charge >= 0.3 is 10.1 Å². The standard InChI is InChI=1S/C19H24N6O3S/c1-19(12-20)7-9-25(10-8-19)15-11-21-17-16(23-24-18(17)22-15)13-3-5-14(6-4-13)28-29(2,26)27/h3-6,11H,7-10,12,20H2,1-2H3,(H,22,23,24). The van der Waals surface area contributed by atoms with Crippen molar-refractivity contribution in [2.45, 2.75) is 19.8 Å². The number of fused-ring (bicyclic) bond motifs is 1. The Morgan fingerprint density at radius 2 is 1.93 bits per heavy atom. The van der Waals surface area contributed by atoms with Crippen LogP contribution in [0.3, 0.4) is 0 Å². The third-order valence-corrected chi connectivity index (χ3v) is 5.92. The lowest BCUT2D eigenvalue weighted by molar-refractivity contribution is 0.258. The van der Waals surface area contributed by atoms with E-state index in [1.807, 2.05) is 0 Å². The van der Waals surface area contributed by atoms with Gasteiger partial charge in [0.25, 0.3) is 0 Å². The number of aromatic amines is 1. The van der Waals surface area contributed by atoms with Crippen molar-refractivity contribution in [1.82, 2.24) is 20.2 Å². The summed E-state index contributed by atoms with van der Waals surface area (Å²) in [4.78, 5) is 11.5. The molecule has 3 N–H and O–H groups in total. The zero-order chi connectivity index (χ0) is 20.6. The fourth-order valence-corrected chi connectivity index (χ4v) is 3.93. The van der Waals surface area contributed by atoms with Gasteiger partial charge in [0.2, 0.25) is 5.65 Å². The molecule has 0 bridgehead atoms. The van der Waals surface area contributed by atoms with Crippen molar-refractivity contribution in [2.24, 2.45) is 11.1 Å². The summed E-state index contributed by atoms with van der Waals surface area (Å²) in [6.45, 7) is 4.72. The third-order valence-electron chi connectivity index (χ3n) is 5.43. The zero-order valence-corrected chi connectivity index (χ0v) is 17.2. The number of nitrogens with two attached hydrogens (primary N) is 1. The fourth-order valence-electron chi connectivity index (χ4n) is 3.47. The lowest BCUT2D eigenvalue weighted by atomic mass is 9.80. The summed E-state index contributed by atoms with van der Waals surface area (Å²) in [7, 11) is -3.56. The van der Waals surface area contributed by atoms with E-state index in [0.717, 1.165) is 49.3 Å². The minimum Gasteiger partial charge on any atom is -0.383 e. The average molecular weight is 417 g/mol. The minimum absolute atomic E-state index is 0.195. The van der Waals surface area contributed by atoms with Crippen molar-refractivity contribution in [3.05, 3.63) is 30.5 Å². The Labute approximate surface area is 169 Å². The van der Waals surface area contributed by atoms with E-state index in [4.69, 9.17) is 9.92 Å². The molecule has 1 aliphatic heterocycles. The molecule has 0 unspecified atom stereocenters. The maximum Gasteiger partial charge on any atom is 0.306 e. The summed E-state index contributed by atoms with van der Waals surface area (Å²) in [5, 5.41) is 7.29. The van der Waals surface area contributed by atoms with Crippen LogP contribution in [0.4, 0.5) is 5.82 Å². The Kier molecular flexibility index (Phi) is 4.91. The van der Waals surface area contributed by atoms with Crippen LogP contribution in [0, 0.1) is 5.41 Å². The Hall–Kier alpha value is -2.72. The van der Waals surface area contributed by atoms with Crippen LogP contribution in [-0.2, 0) is 10.1 Å². The van der Waals surface area contributed by atoms with Gasteiger partial charge in [-0.25, -0.2) is 9.97 Å². The summed E-state index contributed by atoms with van der Waals surface area (Å²) < 4.78 is 27.3. The predicted molar refractivity (Wildman–Crippen MR) is 111 cm³/mol. The maximum atomic E-state index is 11.2. The highest BCUT2D eigenvalue weighted by molar-refractivity contribution is 7.86. The van der Waals surface area contributed by atoms with E-state index in [1.165, 1.54) is 0 Å². The van der Waals surface area contributed by atoms with Gasteiger partial charge in [0.15, 0.2) is 0 Å². The van der Waals surface area contributed by atoms with E-state index in [1.54, 1.807) is 30.5 Å². The van der Waals surface area contributed by atoms with Crippen LogP contribution in [0.5, 0.6) is 5.75 Å². The number of rotatable bonds is 5. The van der Waals surface area contributed by atoms with Crippen molar-refractivity contribution in [3.8, 4) is 17.0 Å². The van der Waals surface area contributed by atoms with Crippen molar-refractivity contribution in [2.75, 3.05) is 30.8 Å². The summed E-state index contributed by atoms with van der Waals surface area (Å²) in [6.07, 6.45) is 4.83. The highest BCUT2D eigenvalue weighted by atomic mass is 32.2. The van der Waals surface area contributed by atoms with Gasteiger partial charge in [0.05, 0.1) is 18.1 Å². The molecular formula is C19H24N6O3S. The quantitative estimate of drug-likeness (QED) is 0.604. The monoisotopic (exact) mass is 416 g/mol. The average Bonchev–Trinajstić information content (AvgIpc) is 3.11. The summed E-state index contributed by atoms with van der Waals surface area (Å²) in [5.74, 6) is 1.06. The van der Waals surface area contributed by atoms with Crippen LogP contribution in [0.25, 0.3) is 22.4 Å². The number of aromatic nitrogens is 4. The smallest absolute Gasteiger partial charge is 0.306 e. The van der Waals surface area contributed by atoms with Gasteiger partial charge in [-0.3, -0.25) is 5.10 Å². The van der Waals surface area contributed by atoms with Crippen LogP contribution in [0.2, 0.25) is 0 Å². The van der Waals surface area contributed by atoms with Crippen LogP contribution < -0.4 is 14.8 Å². The van der Waals surface area contributed by atoms with Crippen LogP contribution in [0.1, 0.15) is 19.8 Å². The molecule has 1 saturated heterocycles. The van der Waals surface area contributed by atoms with E-state index in [9.17, 15) is 8.42 Å². The lowest BCUT2D eigenvalue weighted by Gasteiger charge is -2.39. The van der Waals surface area contributed by atoms with Gasteiger partial charge in [-0.05, 0) is 49.1 Å². The fraction of sp³-hybridized carbons (Fsp3) is 0.421. The molecule has 2 aromatic heterocycles. The lowest BCUT2D eigenvalue weighted by Crippen LogP contribution is -2.42. The molecule has 0 radical (unpaired) electrons. The first kappa shape index (κ1) is 19.6. The Bertz CT molecular complexity index is 1120. The highest BCUT2D eigenvalue weighted by Gasteiger charge is 2.29. The first-order valence-electron chi connectivity index (χ1n) is 9.42. The normalized spacial score (nSPS) is 16.9. The molecule has 4 rings (SSSR count). The van der Waals surface area contributed by atoms with Gasteiger partial charge in [0, 0.05) is 18.7 Å². The Morgan fingerprint density at radius 3 is 2.55 bits per heavy atom. The molecule has 1 fully saturated rings. The first-order valence-corrected chi connectivity index (χ1v) is 11.2. The molecule has 3 heterocycles. The van der Waals surface area contributed by atoms with E-state index >= 15 is 0 Å². The van der Waals surface area contributed by atoms with E-state index in [0.29, 0.717) is 17.7 Å². The number of nitrogens with one attached hydrogen (secondary N) is 1. The Morgan fingerprint density at radius 1 is 1.24 bits per heavy atom. The summed E-state index contributed by atoms with van der Waals surface area (Å²) >= 11 is 0. The second-order valence-corrected chi connectivity index (χ2v) is 9.39. The summed E-state index contributed by atoms with van der Waals surface area (Å²) in [5.41, 5.74) is 8.83. The molecule has 0 amide bonds. The van der Waals surface area contributed by atoms with Crippen molar-refractivity contribution >= 4 is 27.1 Å². The molecule has 0 spiro atoms. The number of hydrogen-bond donors (Lipinski definition) is 2. The van der Waals surface area contributed by atoms with Gasteiger partial charge in [-0.2, -0.15) is 13.5 Å². The number of nitrogens with zero attached hydrogens (tertiary/aromatic N) is 4. The molecule has 10 heteroatoms. The maximum absolute atomic E-state index is 11.2. The molecule has 3 aromatic rings. The molecule has 0 atom stereocenters. The Balaban J connectivity index is 1.56. The largest absolute Gasteiger partial charge is 0.383 e. The van der Waals surface area contributed by atoms with Gasteiger partial charge in [-0.15, -0.1) is 0 Å². The number of benzene rings is 1. The van der Waals surface area contributed by atoms with Gasteiger partial charge < -0.3 is 14.8 Å². The van der Waals surface area contributed by atoms with Crippen LogP contribution in [-0.4, -0.2) is 54.5 Å². The van der Waals surface area contributed by atoms with E-state index in [2.05, 4.69) is 32.0 Å². The molecule has 29 heavy (non-hydrogen) atoms. The number of H-pyrrole nitrogens is 1. The number of piperidine rings is 1. The zero-order valence-electron chi connectivity index (χ0n) is 16.4. The molecular weight excluding hydrogens is 392 g/mol. The van der Waals surface area contributed by atoms with Gasteiger partial charge in [0.1, 0.15) is 17.1 Å². The van der Waals surface area contributed by atoms with Crippen LogP contribution in [0.15, 0.2) is 30.5 Å². The first-order chi connectivity index (χ1) is 13.8. The predicted octanol–water partition coefficient (Wildman–Crippen LogP) is 1.92. The molecule has 0 saturated carbocycles. The molecule has 0 aliphatic carbocycles. The SMILES string of the molecule is CC1(CN)CCN(c2cnc3c(-c4ccc(OS(C)(=O)=O)cc4)[nH]nc3n2)CC1. The molecule has 154 valence electrons. The van der Waals surface area contributed by atoms with Crippen molar-refractivity contribution in [1.29, 1.82) is 0 Å². The second-order valence-electron chi connectivity index (χ2n) is 7.81. The molecule has 1 aromatic carbocycles. The van der Waals surface area contributed by atoms with Crippen LogP contribution >= 0.6 is 0 Å². The van der Waals surface area contributed by atoms with E-state index < -0.39 is 10.1 Å².